The summed E-state index contributed by atoms with van der Waals surface area (Å²) in [7, 11) is 0. The number of aromatic nitrogens is 1. The van der Waals surface area contributed by atoms with Gasteiger partial charge in [-0.1, -0.05) is 0 Å². The summed E-state index contributed by atoms with van der Waals surface area (Å²) in [5.41, 5.74) is 1.08. The molecule has 2 nitrogen and oxygen atoms in total. The Morgan fingerprint density at radius 2 is 1.79 bits per heavy atom. The predicted octanol–water partition coefficient (Wildman–Crippen LogP) is 3.98. The Kier molecular flexibility index (Phi) is 3.96. The maximum Gasteiger partial charge on any atom is 0.126 e. The third-order valence-corrected chi connectivity index (χ3v) is 3.33. The molecule has 1 heterocycles. The number of halogens is 2. The second-order valence-electron chi connectivity index (χ2n) is 5.39. The summed E-state index contributed by atoms with van der Waals surface area (Å²) in [4.78, 5) is 4.39. The van der Waals surface area contributed by atoms with Crippen LogP contribution in [0.5, 0.6) is 0 Å². The van der Waals surface area contributed by atoms with Gasteiger partial charge in [0.1, 0.15) is 16.6 Å². The largest absolute Gasteiger partial charge is 0.306 e. The molecule has 0 fully saturated rings. The van der Waals surface area contributed by atoms with E-state index in [0.29, 0.717) is 17.8 Å². The van der Waals surface area contributed by atoms with Crippen molar-refractivity contribution in [2.75, 3.05) is 0 Å². The summed E-state index contributed by atoms with van der Waals surface area (Å²) in [5.74, 6) is -1.17. The molecule has 0 radical (unpaired) electrons. The fraction of sp³-hybridized carbons (Fsp3) is 0.357. The van der Waals surface area contributed by atoms with Crippen molar-refractivity contribution < 1.29 is 8.78 Å². The minimum absolute atomic E-state index is 0.0107. The lowest BCUT2D eigenvalue weighted by Gasteiger charge is -2.19. The van der Waals surface area contributed by atoms with Crippen LogP contribution < -0.4 is 5.32 Å². The first-order valence-corrected chi connectivity index (χ1v) is 6.87. The summed E-state index contributed by atoms with van der Waals surface area (Å²) in [6.45, 7) is 6.86. The molecule has 0 spiro atoms. The lowest BCUT2D eigenvalue weighted by Crippen LogP contribution is -2.34. The molecule has 0 saturated carbocycles. The molecule has 1 aromatic heterocycles. The molecule has 0 atom stereocenters. The van der Waals surface area contributed by atoms with E-state index in [2.05, 4.69) is 31.1 Å². The second-order valence-corrected chi connectivity index (χ2v) is 6.33. The van der Waals surface area contributed by atoms with Crippen LogP contribution in [0.15, 0.2) is 23.6 Å². The summed E-state index contributed by atoms with van der Waals surface area (Å²) in [6.07, 6.45) is 0. The first-order chi connectivity index (χ1) is 8.83. The Labute approximate surface area is 115 Å². The van der Waals surface area contributed by atoms with Crippen LogP contribution in [0.3, 0.4) is 0 Å². The summed E-state index contributed by atoms with van der Waals surface area (Å²) >= 11 is 1.48. The van der Waals surface area contributed by atoms with Crippen molar-refractivity contribution in [3.63, 3.8) is 0 Å². The fourth-order valence-electron chi connectivity index (χ4n) is 1.57. The summed E-state index contributed by atoms with van der Waals surface area (Å²) in [5, 5.41) is 6.04. The van der Waals surface area contributed by atoms with Crippen LogP contribution >= 0.6 is 11.3 Å². The molecule has 5 heteroatoms. The van der Waals surface area contributed by atoms with E-state index in [1.165, 1.54) is 23.5 Å². The van der Waals surface area contributed by atoms with Gasteiger partial charge in [-0.2, -0.15) is 0 Å². The number of rotatable bonds is 3. The number of nitrogens with zero attached hydrogens (tertiary/aromatic N) is 1. The van der Waals surface area contributed by atoms with Crippen LogP contribution in [0, 0.1) is 11.6 Å². The van der Waals surface area contributed by atoms with Gasteiger partial charge in [0.2, 0.25) is 0 Å². The van der Waals surface area contributed by atoms with Crippen molar-refractivity contribution in [3.8, 4) is 11.3 Å². The van der Waals surface area contributed by atoms with Gasteiger partial charge in [0.15, 0.2) is 0 Å². The highest BCUT2D eigenvalue weighted by molar-refractivity contribution is 7.09. The van der Waals surface area contributed by atoms with Crippen LogP contribution in [0.4, 0.5) is 8.78 Å². The minimum atomic E-state index is -0.586. The molecule has 0 unspecified atom stereocenters. The van der Waals surface area contributed by atoms with E-state index in [1.54, 1.807) is 0 Å². The molecular formula is C14H16F2N2S. The maximum atomic E-state index is 13.1. The molecule has 0 aliphatic carbocycles. The van der Waals surface area contributed by atoms with Gasteiger partial charge >= 0.3 is 0 Å². The Balaban J connectivity index is 2.16. The molecule has 2 rings (SSSR count). The highest BCUT2D eigenvalue weighted by atomic mass is 32.1. The molecule has 0 aliphatic rings. The Morgan fingerprint density at radius 1 is 1.16 bits per heavy atom. The highest BCUT2D eigenvalue weighted by Crippen LogP contribution is 2.23. The zero-order chi connectivity index (χ0) is 14.0. The van der Waals surface area contributed by atoms with E-state index in [9.17, 15) is 8.78 Å². The SMILES string of the molecule is CC(C)(C)NCc1nc(-c2cc(F)cc(F)c2)cs1. The number of hydrogen-bond donors (Lipinski definition) is 1. The zero-order valence-corrected chi connectivity index (χ0v) is 11.9. The van der Waals surface area contributed by atoms with Crippen molar-refractivity contribution in [2.24, 2.45) is 0 Å². The van der Waals surface area contributed by atoms with E-state index in [1.807, 2.05) is 5.38 Å². The van der Waals surface area contributed by atoms with Gasteiger partial charge in [0.25, 0.3) is 0 Å². The van der Waals surface area contributed by atoms with Gasteiger partial charge in [-0.15, -0.1) is 11.3 Å². The third kappa shape index (κ3) is 4.08. The first-order valence-electron chi connectivity index (χ1n) is 5.99. The average molecular weight is 282 g/mol. The van der Waals surface area contributed by atoms with Crippen molar-refractivity contribution in [3.05, 3.63) is 40.2 Å². The van der Waals surface area contributed by atoms with E-state index in [4.69, 9.17) is 0 Å². The summed E-state index contributed by atoms with van der Waals surface area (Å²) in [6, 6.07) is 3.44. The van der Waals surface area contributed by atoms with Crippen LogP contribution in [0.2, 0.25) is 0 Å². The molecule has 0 saturated heterocycles. The summed E-state index contributed by atoms with van der Waals surface area (Å²) < 4.78 is 26.3. The lowest BCUT2D eigenvalue weighted by molar-refractivity contribution is 0.424. The molecule has 2 aromatic rings. The lowest BCUT2D eigenvalue weighted by atomic mass is 10.1. The quantitative estimate of drug-likeness (QED) is 0.921. The topological polar surface area (TPSA) is 24.9 Å². The van der Waals surface area contributed by atoms with Crippen molar-refractivity contribution >= 4 is 11.3 Å². The molecule has 102 valence electrons. The van der Waals surface area contributed by atoms with Gasteiger partial charge in [-0.25, -0.2) is 13.8 Å². The van der Waals surface area contributed by atoms with Gasteiger partial charge in [-0.3, -0.25) is 0 Å². The van der Waals surface area contributed by atoms with Crippen LogP contribution in [0.25, 0.3) is 11.3 Å². The Bertz CT molecular complexity index is 553. The number of hydrogen-bond acceptors (Lipinski definition) is 3. The maximum absolute atomic E-state index is 13.1. The molecule has 1 aromatic carbocycles. The van der Waals surface area contributed by atoms with E-state index in [-0.39, 0.29) is 5.54 Å². The van der Waals surface area contributed by atoms with E-state index in [0.717, 1.165) is 11.1 Å². The highest BCUT2D eigenvalue weighted by Gasteiger charge is 2.11. The zero-order valence-electron chi connectivity index (χ0n) is 11.1. The van der Waals surface area contributed by atoms with Gasteiger partial charge in [0, 0.05) is 29.1 Å². The number of nitrogens with one attached hydrogen (secondary N) is 1. The normalized spacial score (nSPS) is 11.8. The second kappa shape index (κ2) is 5.35. The average Bonchev–Trinajstić information content (AvgIpc) is 2.72. The monoisotopic (exact) mass is 282 g/mol. The Morgan fingerprint density at radius 3 is 2.37 bits per heavy atom. The van der Waals surface area contributed by atoms with Crippen molar-refractivity contribution in [2.45, 2.75) is 32.9 Å². The van der Waals surface area contributed by atoms with Gasteiger partial charge in [-0.05, 0) is 32.9 Å². The predicted molar refractivity (Wildman–Crippen MR) is 74.1 cm³/mol. The Hall–Kier alpha value is -1.33. The third-order valence-electron chi connectivity index (χ3n) is 2.48. The molecule has 1 N–H and O–H groups in total. The van der Waals surface area contributed by atoms with Crippen LogP contribution in [-0.4, -0.2) is 10.5 Å². The van der Waals surface area contributed by atoms with Gasteiger partial charge < -0.3 is 5.32 Å². The molecule has 19 heavy (non-hydrogen) atoms. The van der Waals surface area contributed by atoms with Crippen molar-refractivity contribution in [1.29, 1.82) is 0 Å². The standard InChI is InChI=1S/C14H16F2N2S/c1-14(2,3)17-7-13-18-12(8-19-13)9-4-10(15)6-11(16)5-9/h4-6,8,17H,7H2,1-3H3. The smallest absolute Gasteiger partial charge is 0.126 e. The molecular weight excluding hydrogens is 266 g/mol. The minimum Gasteiger partial charge on any atom is -0.306 e. The number of thiazole rings is 1. The van der Waals surface area contributed by atoms with Gasteiger partial charge in [0.05, 0.1) is 5.69 Å². The van der Waals surface area contributed by atoms with E-state index >= 15 is 0 Å². The van der Waals surface area contributed by atoms with Crippen molar-refractivity contribution in [1.82, 2.24) is 10.3 Å². The van der Waals surface area contributed by atoms with E-state index < -0.39 is 11.6 Å². The molecule has 0 amide bonds. The molecule has 0 aliphatic heterocycles. The van der Waals surface area contributed by atoms with Crippen LogP contribution in [0.1, 0.15) is 25.8 Å². The number of benzene rings is 1. The molecule has 0 bridgehead atoms. The fourth-order valence-corrected chi connectivity index (χ4v) is 2.31. The first kappa shape index (κ1) is 14.1. The van der Waals surface area contributed by atoms with Crippen LogP contribution in [-0.2, 0) is 6.54 Å².